The average Bonchev–Trinajstić information content (AvgIpc) is 2.86. The topological polar surface area (TPSA) is 92.5 Å². The maximum absolute atomic E-state index is 13.1. The Morgan fingerprint density at radius 1 is 1.18 bits per heavy atom. The van der Waals surface area contributed by atoms with Crippen LogP contribution in [0.5, 0.6) is 0 Å². The number of aromatic carboxylic acids is 1. The minimum atomic E-state index is -1.22. The van der Waals surface area contributed by atoms with Gasteiger partial charge in [0.1, 0.15) is 6.54 Å². The zero-order valence-corrected chi connectivity index (χ0v) is 16.4. The number of carbonyl (C=O) groups excluding carboxylic acids is 1. The van der Waals surface area contributed by atoms with E-state index >= 15 is 0 Å². The van der Waals surface area contributed by atoms with Gasteiger partial charge in [0.15, 0.2) is 5.69 Å². The van der Waals surface area contributed by atoms with Crippen LogP contribution in [0.2, 0.25) is 0 Å². The molecule has 148 valence electrons. The fraction of sp³-hybridized carbons (Fsp3) is 0.524. The second-order valence-electron chi connectivity index (χ2n) is 9.40. The van der Waals surface area contributed by atoms with Crippen molar-refractivity contribution in [2.45, 2.75) is 52.6 Å². The molecule has 1 aromatic heterocycles. The molecule has 1 aliphatic heterocycles. The van der Waals surface area contributed by atoms with Gasteiger partial charge in [0.25, 0.3) is 5.56 Å². The molecular weight excluding hydrogens is 358 g/mol. The van der Waals surface area contributed by atoms with Crippen LogP contribution in [0.25, 0.3) is 10.8 Å². The molecule has 1 aliphatic carbocycles. The summed E-state index contributed by atoms with van der Waals surface area (Å²) in [5.41, 5.74) is -0.379. The van der Waals surface area contributed by atoms with Crippen molar-refractivity contribution in [3.8, 4) is 0 Å². The van der Waals surface area contributed by atoms with Crippen LogP contribution in [0, 0.1) is 10.8 Å². The van der Waals surface area contributed by atoms with Crippen LogP contribution < -0.4 is 5.56 Å². The molecule has 2 heterocycles. The third kappa shape index (κ3) is 3.08. The van der Waals surface area contributed by atoms with Gasteiger partial charge in [-0.15, -0.1) is 0 Å². The lowest BCUT2D eigenvalue weighted by molar-refractivity contribution is -0.133. The lowest BCUT2D eigenvalue weighted by Crippen LogP contribution is -2.41. The Kier molecular flexibility index (Phi) is 4.10. The number of amides is 1. The zero-order chi connectivity index (χ0) is 20.3. The number of hydrogen-bond donors (Lipinski definition) is 1. The summed E-state index contributed by atoms with van der Waals surface area (Å²) in [5.74, 6) is -1.39. The third-order valence-corrected chi connectivity index (χ3v) is 6.09. The standard InChI is InChI=1S/C21H25N3O4/c1-20(2)8-13-9-21(3,11-20)12-23(13)16(25)10-24-18(26)15-7-5-4-6-14(15)17(22-24)19(27)28/h4-7,13H,8-12H2,1-3H3,(H,27,28)/t13-,21-/m0/s1. The van der Waals surface area contributed by atoms with Crippen LogP contribution in [-0.2, 0) is 11.3 Å². The quantitative estimate of drug-likeness (QED) is 0.879. The number of benzene rings is 1. The van der Waals surface area contributed by atoms with Gasteiger partial charge in [0, 0.05) is 18.0 Å². The van der Waals surface area contributed by atoms with E-state index in [-0.39, 0.29) is 45.8 Å². The van der Waals surface area contributed by atoms with Crippen molar-refractivity contribution in [3.05, 3.63) is 40.3 Å². The molecule has 0 unspecified atom stereocenters. The molecule has 28 heavy (non-hydrogen) atoms. The molecule has 2 atom stereocenters. The normalized spacial score (nSPS) is 25.8. The molecule has 2 aliphatic rings. The fourth-order valence-electron chi connectivity index (χ4n) is 5.47. The van der Waals surface area contributed by atoms with Crippen molar-refractivity contribution in [2.24, 2.45) is 10.8 Å². The number of rotatable bonds is 3. The van der Waals surface area contributed by atoms with Gasteiger partial charge in [0.05, 0.1) is 5.39 Å². The number of carbonyl (C=O) groups is 2. The van der Waals surface area contributed by atoms with Crippen LogP contribution in [-0.4, -0.2) is 44.3 Å². The molecule has 1 saturated carbocycles. The summed E-state index contributed by atoms with van der Waals surface area (Å²) in [6, 6.07) is 6.63. The van der Waals surface area contributed by atoms with Crippen molar-refractivity contribution in [2.75, 3.05) is 6.54 Å². The van der Waals surface area contributed by atoms with Crippen LogP contribution in [0.1, 0.15) is 50.5 Å². The first-order chi connectivity index (χ1) is 13.1. The molecule has 1 saturated heterocycles. The highest BCUT2D eigenvalue weighted by atomic mass is 16.4. The summed E-state index contributed by atoms with van der Waals surface area (Å²) < 4.78 is 1.00. The Labute approximate surface area is 163 Å². The SMILES string of the molecule is CC1(C)C[C@H]2C[C@](C)(CN2C(=O)Cn2nc(C(=O)O)c3ccccc3c2=O)C1. The second kappa shape index (κ2) is 6.15. The van der Waals surface area contributed by atoms with E-state index in [9.17, 15) is 19.5 Å². The summed E-state index contributed by atoms with van der Waals surface area (Å²) in [5, 5.41) is 14.0. The number of carboxylic acids is 1. The first-order valence-electron chi connectivity index (χ1n) is 9.61. The van der Waals surface area contributed by atoms with Crippen molar-refractivity contribution in [3.63, 3.8) is 0 Å². The van der Waals surface area contributed by atoms with Crippen molar-refractivity contribution >= 4 is 22.6 Å². The number of hydrogen-bond acceptors (Lipinski definition) is 4. The molecular formula is C21H25N3O4. The van der Waals surface area contributed by atoms with Crippen molar-refractivity contribution < 1.29 is 14.7 Å². The van der Waals surface area contributed by atoms with Crippen LogP contribution in [0.15, 0.2) is 29.1 Å². The number of aromatic nitrogens is 2. The van der Waals surface area contributed by atoms with Gasteiger partial charge in [-0.3, -0.25) is 9.59 Å². The largest absolute Gasteiger partial charge is 0.476 e. The highest BCUT2D eigenvalue weighted by Crippen LogP contribution is 2.52. The first-order valence-corrected chi connectivity index (χ1v) is 9.61. The predicted octanol–water partition coefficient (Wildman–Crippen LogP) is 2.52. The number of carboxylic acid groups (broad SMARTS) is 1. The summed E-state index contributed by atoms with van der Waals surface area (Å²) >= 11 is 0. The minimum Gasteiger partial charge on any atom is -0.476 e. The molecule has 2 bridgehead atoms. The molecule has 1 N–H and O–H groups in total. The molecule has 0 radical (unpaired) electrons. The Hall–Kier alpha value is -2.70. The summed E-state index contributed by atoms with van der Waals surface area (Å²) in [6.07, 6.45) is 2.98. The van der Waals surface area contributed by atoms with E-state index in [1.54, 1.807) is 24.3 Å². The Balaban J connectivity index is 1.68. The number of fused-ring (bicyclic) bond motifs is 3. The number of likely N-dealkylation sites (tertiary alicyclic amines) is 1. The highest BCUT2D eigenvalue weighted by Gasteiger charge is 2.50. The van der Waals surface area contributed by atoms with Crippen molar-refractivity contribution in [1.82, 2.24) is 14.7 Å². The lowest BCUT2D eigenvalue weighted by atomic mass is 9.65. The van der Waals surface area contributed by atoms with E-state index in [0.717, 1.165) is 23.9 Å². The Morgan fingerprint density at radius 3 is 2.54 bits per heavy atom. The van der Waals surface area contributed by atoms with Crippen LogP contribution in [0.4, 0.5) is 0 Å². The van der Waals surface area contributed by atoms with Gasteiger partial charge in [-0.1, -0.05) is 39.0 Å². The second-order valence-corrected chi connectivity index (χ2v) is 9.40. The highest BCUT2D eigenvalue weighted by molar-refractivity contribution is 6.01. The molecule has 1 amide bonds. The van der Waals surface area contributed by atoms with Crippen LogP contribution in [0.3, 0.4) is 0 Å². The molecule has 7 heteroatoms. The summed E-state index contributed by atoms with van der Waals surface area (Å²) in [6.45, 7) is 7.13. The molecule has 0 spiro atoms. The van der Waals surface area contributed by atoms with E-state index in [4.69, 9.17) is 0 Å². The van der Waals surface area contributed by atoms with Gasteiger partial charge in [-0.05, 0) is 36.2 Å². The van der Waals surface area contributed by atoms with E-state index < -0.39 is 11.5 Å². The van der Waals surface area contributed by atoms with E-state index in [1.807, 2.05) is 4.90 Å². The van der Waals surface area contributed by atoms with Gasteiger partial charge in [-0.2, -0.15) is 5.10 Å². The molecule has 2 aromatic rings. The van der Waals surface area contributed by atoms with Gasteiger partial charge >= 0.3 is 5.97 Å². The fourth-order valence-corrected chi connectivity index (χ4v) is 5.47. The maximum atomic E-state index is 13.1. The smallest absolute Gasteiger partial charge is 0.357 e. The Morgan fingerprint density at radius 2 is 1.86 bits per heavy atom. The van der Waals surface area contributed by atoms with E-state index in [2.05, 4.69) is 25.9 Å². The Bertz CT molecular complexity index is 1040. The molecule has 7 nitrogen and oxygen atoms in total. The van der Waals surface area contributed by atoms with Crippen molar-refractivity contribution in [1.29, 1.82) is 0 Å². The minimum absolute atomic E-state index is 0.0933. The molecule has 4 rings (SSSR count). The van der Waals surface area contributed by atoms with E-state index in [1.165, 1.54) is 0 Å². The van der Waals surface area contributed by atoms with Gasteiger partial charge < -0.3 is 10.0 Å². The predicted molar refractivity (Wildman–Crippen MR) is 104 cm³/mol. The van der Waals surface area contributed by atoms with Gasteiger partial charge in [0.2, 0.25) is 5.91 Å². The summed E-state index contributed by atoms with van der Waals surface area (Å²) in [7, 11) is 0. The average molecular weight is 383 g/mol. The van der Waals surface area contributed by atoms with Gasteiger partial charge in [-0.25, -0.2) is 9.48 Å². The zero-order valence-electron chi connectivity index (χ0n) is 16.4. The van der Waals surface area contributed by atoms with E-state index in [0.29, 0.717) is 6.54 Å². The first kappa shape index (κ1) is 18.7. The monoisotopic (exact) mass is 383 g/mol. The number of nitrogens with zero attached hydrogens (tertiary/aromatic N) is 3. The van der Waals surface area contributed by atoms with Crippen LogP contribution >= 0.6 is 0 Å². The molecule has 2 fully saturated rings. The molecule has 1 aromatic carbocycles. The third-order valence-electron chi connectivity index (χ3n) is 6.09. The summed E-state index contributed by atoms with van der Waals surface area (Å²) in [4.78, 5) is 39.3. The lowest BCUT2D eigenvalue weighted by Gasteiger charge is -2.39. The maximum Gasteiger partial charge on any atom is 0.357 e.